The summed E-state index contributed by atoms with van der Waals surface area (Å²) in [5.74, 6) is 0. The molecule has 0 spiro atoms. The summed E-state index contributed by atoms with van der Waals surface area (Å²) in [7, 11) is 0. The molecule has 20 heavy (non-hydrogen) atoms. The van der Waals surface area contributed by atoms with E-state index in [-0.39, 0.29) is 0 Å². The van der Waals surface area contributed by atoms with E-state index < -0.39 is 0 Å². The third kappa shape index (κ3) is 3.45. The summed E-state index contributed by atoms with van der Waals surface area (Å²) < 4.78 is 0. The number of likely N-dealkylation sites (N-methyl/N-ethyl adjacent to an activating group) is 1. The van der Waals surface area contributed by atoms with Crippen molar-refractivity contribution in [3.05, 3.63) is 64.5 Å². The molecule has 0 aliphatic rings. The van der Waals surface area contributed by atoms with Crippen LogP contribution in [0.25, 0.3) is 0 Å². The zero-order valence-corrected chi connectivity index (χ0v) is 12.9. The SMILES string of the molecule is CCNC(Cc1ccc(C)cn1)c1cccc(C)c1C. The Kier molecular flexibility index (Phi) is 4.91. The van der Waals surface area contributed by atoms with E-state index in [1.54, 1.807) is 0 Å². The quantitative estimate of drug-likeness (QED) is 0.889. The van der Waals surface area contributed by atoms with Crippen LogP contribution in [-0.2, 0) is 6.42 Å². The summed E-state index contributed by atoms with van der Waals surface area (Å²) in [6.45, 7) is 9.57. The Hall–Kier alpha value is -1.67. The number of benzene rings is 1. The van der Waals surface area contributed by atoms with Crippen LogP contribution in [0.1, 0.15) is 40.9 Å². The molecule has 0 saturated carbocycles. The molecule has 0 fully saturated rings. The maximum Gasteiger partial charge on any atom is 0.0422 e. The van der Waals surface area contributed by atoms with E-state index >= 15 is 0 Å². The van der Waals surface area contributed by atoms with E-state index in [1.165, 1.54) is 22.3 Å². The van der Waals surface area contributed by atoms with E-state index in [4.69, 9.17) is 0 Å². The summed E-state index contributed by atoms with van der Waals surface area (Å²) in [4.78, 5) is 4.54. The van der Waals surface area contributed by atoms with Crippen LogP contribution in [0.2, 0.25) is 0 Å². The van der Waals surface area contributed by atoms with Gasteiger partial charge in [0.25, 0.3) is 0 Å². The first-order valence-electron chi connectivity index (χ1n) is 7.32. The second kappa shape index (κ2) is 6.67. The second-order valence-electron chi connectivity index (χ2n) is 5.43. The first-order chi connectivity index (χ1) is 9.61. The molecule has 2 rings (SSSR count). The standard InChI is InChI=1S/C18H24N2/c1-5-19-18(11-16-10-9-13(2)12-20-16)17-8-6-7-14(3)15(17)4/h6-10,12,18-19H,5,11H2,1-4H3. The third-order valence-electron chi connectivity index (χ3n) is 3.86. The zero-order valence-electron chi connectivity index (χ0n) is 12.9. The maximum atomic E-state index is 4.54. The van der Waals surface area contributed by atoms with E-state index in [9.17, 15) is 0 Å². The van der Waals surface area contributed by atoms with Gasteiger partial charge in [0.15, 0.2) is 0 Å². The van der Waals surface area contributed by atoms with Crippen molar-refractivity contribution < 1.29 is 0 Å². The molecule has 2 aromatic rings. The van der Waals surface area contributed by atoms with Crippen LogP contribution in [0.4, 0.5) is 0 Å². The summed E-state index contributed by atoms with van der Waals surface area (Å²) in [5, 5.41) is 3.59. The number of aromatic nitrogens is 1. The lowest BCUT2D eigenvalue weighted by atomic mass is 9.94. The Morgan fingerprint density at radius 1 is 1.10 bits per heavy atom. The lowest BCUT2D eigenvalue weighted by Crippen LogP contribution is -2.24. The molecule has 1 unspecified atom stereocenters. The number of rotatable bonds is 5. The lowest BCUT2D eigenvalue weighted by molar-refractivity contribution is 0.541. The van der Waals surface area contributed by atoms with Crippen molar-refractivity contribution in [2.75, 3.05) is 6.54 Å². The number of hydrogen-bond donors (Lipinski definition) is 1. The van der Waals surface area contributed by atoms with Gasteiger partial charge in [0.1, 0.15) is 0 Å². The van der Waals surface area contributed by atoms with Crippen LogP contribution in [0.3, 0.4) is 0 Å². The van der Waals surface area contributed by atoms with E-state index in [0.717, 1.165) is 18.7 Å². The van der Waals surface area contributed by atoms with Gasteiger partial charge in [-0.1, -0.05) is 31.2 Å². The highest BCUT2D eigenvalue weighted by atomic mass is 14.9. The average Bonchev–Trinajstić information content (AvgIpc) is 2.44. The normalized spacial score (nSPS) is 12.4. The van der Waals surface area contributed by atoms with Crippen LogP contribution >= 0.6 is 0 Å². The molecule has 1 aromatic heterocycles. The van der Waals surface area contributed by atoms with Crippen molar-refractivity contribution >= 4 is 0 Å². The monoisotopic (exact) mass is 268 g/mol. The Bertz CT molecular complexity index is 558. The second-order valence-corrected chi connectivity index (χ2v) is 5.43. The topological polar surface area (TPSA) is 24.9 Å². The molecule has 1 atom stereocenters. The van der Waals surface area contributed by atoms with Gasteiger partial charge in [-0.25, -0.2) is 0 Å². The largest absolute Gasteiger partial charge is 0.310 e. The summed E-state index contributed by atoms with van der Waals surface area (Å²) in [5.41, 5.74) is 6.46. The van der Waals surface area contributed by atoms with Crippen molar-refractivity contribution in [3.8, 4) is 0 Å². The van der Waals surface area contributed by atoms with E-state index in [0.29, 0.717) is 6.04 Å². The van der Waals surface area contributed by atoms with Crippen LogP contribution in [-0.4, -0.2) is 11.5 Å². The molecule has 0 aliphatic heterocycles. The van der Waals surface area contributed by atoms with Crippen molar-refractivity contribution in [3.63, 3.8) is 0 Å². The maximum absolute atomic E-state index is 4.54. The number of aryl methyl sites for hydroxylation is 2. The molecule has 2 heteroatoms. The molecular weight excluding hydrogens is 244 g/mol. The predicted octanol–water partition coefficient (Wildman–Crippen LogP) is 3.90. The van der Waals surface area contributed by atoms with Crippen molar-refractivity contribution in [2.24, 2.45) is 0 Å². The first kappa shape index (κ1) is 14.7. The van der Waals surface area contributed by atoms with Crippen LogP contribution in [0, 0.1) is 20.8 Å². The number of nitrogens with zero attached hydrogens (tertiary/aromatic N) is 1. The summed E-state index contributed by atoms with van der Waals surface area (Å²) in [6.07, 6.45) is 2.87. The molecule has 2 nitrogen and oxygen atoms in total. The number of nitrogens with one attached hydrogen (secondary N) is 1. The Morgan fingerprint density at radius 3 is 2.55 bits per heavy atom. The van der Waals surface area contributed by atoms with Gasteiger partial charge in [0.05, 0.1) is 0 Å². The van der Waals surface area contributed by atoms with Gasteiger partial charge in [0.2, 0.25) is 0 Å². The molecule has 0 bridgehead atoms. The highest BCUT2D eigenvalue weighted by Crippen LogP contribution is 2.23. The Labute approximate surface area is 122 Å². The summed E-state index contributed by atoms with van der Waals surface area (Å²) >= 11 is 0. The molecular formula is C18H24N2. The summed E-state index contributed by atoms with van der Waals surface area (Å²) in [6, 6.07) is 11.1. The Balaban J connectivity index is 2.26. The van der Waals surface area contributed by atoms with E-state index in [1.807, 2.05) is 6.20 Å². The zero-order chi connectivity index (χ0) is 14.5. The highest BCUT2D eigenvalue weighted by molar-refractivity contribution is 5.36. The number of hydrogen-bond acceptors (Lipinski definition) is 2. The van der Waals surface area contributed by atoms with Gasteiger partial charge >= 0.3 is 0 Å². The molecule has 0 saturated heterocycles. The van der Waals surface area contributed by atoms with Crippen molar-refractivity contribution in [1.82, 2.24) is 10.3 Å². The molecule has 106 valence electrons. The lowest BCUT2D eigenvalue weighted by Gasteiger charge is -2.21. The minimum atomic E-state index is 0.329. The highest BCUT2D eigenvalue weighted by Gasteiger charge is 2.14. The first-order valence-corrected chi connectivity index (χ1v) is 7.32. The van der Waals surface area contributed by atoms with Gasteiger partial charge in [-0.2, -0.15) is 0 Å². The van der Waals surface area contributed by atoms with Gasteiger partial charge in [-0.3, -0.25) is 4.98 Å². The predicted molar refractivity (Wildman–Crippen MR) is 85.0 cm³/mol. The van der Waals surface area contributed by atoms with Gasteiger partial charge in [-0.15, -0.1) is 0 Å². The minimum absolute atomic E-state index is 0.329. The van der Waals surface area contributed by atoms with E-state index in [2.05, 4.69) is 68.3 Å². The molecule has 1 N–H and O–H groups in total. The molecule has 0 amide bonds. The molecule has 0 radical (unpaired) electrons. The van der Waals surface area contributed by atoms with Crippen LogP contribution in [0.15, 0.2) is 36.5 Å². The number of pyridine rings is 1. The molecule has 1 aromatic carbocycles. The van der Waals surface area contributed by atoms with Gasteiger partial charge in [0, 0.05) is 24.4 Å². The third-order valence-corrected chi connectivity index (χ3v) is 3.86. The molecule has 1 heterocycles. The van der Waals surface area contributed by atoms with Crippen LogP contribution in [0.5, 0.6) is 0 Å². The van der Waals surface area contributed by atoms with Crippen molar-refractivity contribution in [1.29, 1.82) is 0 Å². The molecule has 0 aliphatic carbocycles. The van der Waals surface area contributed by atoms with Crippen molar-refractivity contribution in [2.45, 2.75) is 40.2 Å². The fraction of sp³-hybridized carbons (Fsp3) is 0.389. The van der Waals surface area contributed by atoms with Gasteiger partial charge in [-0.05, 0) is 55.6 Å². The average molecular weight is 268 g/mol. The fourth-order valence-electron chi connectivity index (χ4n) is 2.52. The minimum Gasteiger partial charge on any atom is -0.310 e. The smallest absolute Gasteiger partial charge is 0.0422 e. The van der Waals surface area contributed by atoms with Gasteiger partial charge < -0.3 is 5.32 Å². The Morgan fingerprint density at radius 2 is 1.90 bits per heavy atom. The van der Waals surface area contributed by atoms with Crippen LogP contribution < -0.4 is 5.32 Å². The fourth-order valence-corrected chi connectivity index (χ4v) is 2.52.